The highest BCUT2D eigenvalue weighted by Gasteiger charge is 2.71. The number of aliphatic hydroxyl groups is 2. The quantitative estimate of drug-likeness (QED) is 0.641. The minimum atomic E-state index is -1.58. The number of aromatic nitrogens is 1. The van der Waals surface area contributed by atoms with Crippen LogP contribution in [-0.4, -0.2) is 69.1 Å². The average molecular weight is 442 g/mol. The van der Waals surface area contributed by atoms with E-state index >= 15 is 0 Å². The fourth-order valence-corrected chi connectivity index (χ4v) is 6.44. The predicted octanol–water partition coefficient (Wildman–Crippen LogP) is 0.294. The van der Waals surface area contributed by atoms with Crippen LogP contribution in [-0.2, 0) is 42.8 Å². The minimum absolute atomic E-state index is 0.0445. The second-order valence-electron chi connectivity index (χ2n) is 8.91. The van der Waals surface area contributed by atoms with E-state index in [0.717, 1.165) is 22.2 Å². The number of carbonyl (C=O) groups is 2. The number of aliphatic hydroxyl groups excluding tert-OH is 1. The Kier molecular flexibility index (Phi) is 5.24. The lowest BCUT2D eigenvalue weighted by Crippen LogP contribution is -2.78. The minimum Gasteiger partial charge on any atom is -0.468 e. The molecule has 32 heavy (non-hydrogen) atoms. The Morgan fingerprint density at radius 2 is 1.94 bits per heavy atom. The van der Waals surface area contributed by atoms with Gasteiger partial charge in [0.1, 0.15) is 11.0 Å². The number of rotatable bonds is 2. The summed E-state index contributed by atoms with van der Waals surface area (Å²) < 4.78 is 7.32. The number of methoxy groups -OCH3 is 1. The number of para-hydroxylation sites is 1. The Balaban J connectivity index is 0.000000775. The van der Waals surface area contributed by atoms with E-state index in [1.54, 1.807) is 4.90 Å². The van der Waals surface area contributed by atoms with Crippen molar-refractivity contribution in [3.8, 4) is 0 Å². The first-order chi connectivity index (χ1) is 15.2. The second-order valence-corrected chi connectivity index (χ2v) is 8.91. The van der Waals surface area contributed by atoms with E-state index in [9.17, 15) is 19.8 Å². The highest BCUT2D eigenvalue weighted by Crippen LogP contribution is 2.57. The van der Waals surface area contributed by atoms with Crippen LogP contribution in [0.4, 0.5) is 0 Å². The molecule has 1 saturated carbocycles. The normalized spacial score (nSPS) is 31.2. The van der Waals surface area contributed by atoms with Crippen molar-refractivity contribution in [3.63, 3.8) is 0 Å². The summed E-state index contributed by atoms with van der Waals surface area (Å²) in [6.07, 6.45) is 0.181. The number of aryl methyl sites for hydroxylation is 1. The SMILES string of the molecule is COC(=O)C12CC3CC(O)(C(C)O)C1N(CCc1c2n(C)c2ccccc12)C3=O.O=C=O. The molecule has 2 N–H and O–H groups in total. The summed E-state index contributed by atoms with van der Waals surface area (Å²) in [5, 5.41) is 23.2. The molecule has 0 radical (unpaired) electrons. The molecule has 1 aromatic heterocycles. The monoisotopic (exact) mass is 442 g/mol. The van der Waals surface area contributed by atoms with Gasteiger partial charge in [0.2, 0.25) is 5.91 Å². The molecule has 2 aromatic rings. The Hall–Kier alpha value is -3.00. The molecule has 4 heterocycles. The van der Waals surface area contributed by atoms with Gasteiger partial charge in [0.25, 0.3) is 0 Å². The van der Waals surface area contributed by atoms with Gasteiger partial charge in [-0.1, -0.05) is 18.2 Å². The van der Waals surface area contributed by atoms with Crippen molar-refractivity contribution in [2.45, 2.75) is 49.3 Å². The number of hydrogen-bond acceptors (Lipinski definition) is 7. The summed E-state index contributed by atoms with van der Waals surface area (Å²) in [4.78, 5) is 44.5. The predicted molar refractivity (Wildman–Crippen MR) is 110 cm³/mol. The van der Waals surface area contributed by atoms with Gasteiger partial charge in [0, 0.05) is 36.1 Å². The molecule has 6 rings (SSSR count). The van der Waals surface area contributed by atoms with Crippen LogP contribution in [0.5, 0.6) is 0 Å². The number of hydrogen-bond donors (Lipinski definition) is 2. The molecule has 170 valence electrons. The molecule has 2 saturated heterocycles. The summed E-state index contributed by atoms with van der Waals surface area (Å²) in [5.74, 6) is -1.04. The highest BCUT2D eigenvalue weighted by atomic mass is 16.5. The van der Waals surface area contributed by atoms with Crippen LogP contribution in [0, 0.1) is 5.92 Å². The molecule has 3 fully saturated rings. The van der Waals surface area contributed by atoms with Gasteiger partial charge in [0.05, 0.1) is 19.3 Å². The number of carbonyl (C=O) groups excluding carboxylic acids is 4. The number of nitrogens with zero attached hydrogens (tertiary/aromatic N) is 2. The summed E-state index contributed by atoms with van der Waals surface area (Å²) in [6, 6.07) is 7.10. The molecular weight excluding hydrogens is 416 g/mol. The van der Waals surface area contributed by atoms with E-state index in [2.05, 4.69) is 0 Å². The van der Waals surface area contributed by atoms with Crippen molar-refractivity contribution in [1.29, 1.82) is 0 Å². The fraction of sp³-hybridized carbons (Fsp3) is 0.522. The maximum atomic E-state index is 13.5. The summed E-state index contributed by atoms with van der Waals surface area (Å²) >= 11 is 0. The van der Waals surface area contributed by atoms with E-state index < -0.39 is 35.0 Å². The van der Waals surface area contributed by atoms with E-state index in [-0.39, 0.29) is 24.9 Å². The third-order valence-electron chi connectivity index (χ3n) is 7.54. The Morgan fingerprint density at radius 1 is 1.28 bits per heavy atom. The van der Waals surface area contributed by atoms with Crippen LogP contribution in [0.2, 0.25) is 0 Å². The first-order valence-corrected chi connectivity index (χ1v) is 10.5. The third-order valence-corrected chi connectivity index (χ3v) is 7.54. The van der Waals surface area contributed by atoms with Crippen molar-refractivity contribution < 1.29 is 34.1 Å². The first kappa shape index (κ1) is 22.2. The molecule has 9 nitrogen and oxygen atoms in total. The van der Waals surface area contributed by atoms with Crippen molar-refractivity contribution >= 4 is 28.9 Å². The second kappa shape index (κ2) is 7.55. The Bertz CT molecular complexity index is 1130. The molecule has 5 atom stereocenters. The zero-order chi connectivity index (χ0) is 23.4. The summed E-state index contributed by atoms with van der Waals surface area (Å²) in [7, 11) is 3.27. The highest BCUT2D eigenvalue weighted by molar-refractivity contribution is 5.96. The van der Waals surface area contributed by atoms with Crippen LogP contribution >= 0.6 is 0 Å². The standard InChI is InChI=1S/C22H26N2O5.CO2/c1-12(25)22(28)11-13-10-21(20(27)29-3)17-15(8-9-24(18(13)26)19(21)22)14-6-4-5-7-16(14)23(17)2;2-1-3/h4-7,12-13,19,25,28H,8-11H2,1-3H3;. The van der Waals surface area contributed by atoms with Gasteiger partial charge in [-0.3, -0.25) is 9.59 Å². The average Bonchev–Trinajstić information content (AvgIpc) is 2.97. The van der Waals surface area contributed by atoms with E-state index in [1.807, 2.05) is 35.9 Å². The molecule has 4 bridgehead atoms. The molecule has 0 spiro atoms. The topological polar surface area (TPSA) is 126 Å². The van der Waals surface area contributed by atoms with Gasteiger partial charge in [-0.15, -0.1) is 0 Å². The molecule has 1 amide bonds. The zero-order valence-corrected chi connectivity index (χ0v) is 18.2. The van der Waals surface area contributed by atoms with E-state index in [0.29, 0.717) is 13.0 Å². The van der Waals surface area contributed by atoms with Crippen LogP contribution in [0.1, 0.15) is 31.0 Å². The number of benzene rings is 1. The number of piperidine rings is 2. The maximum Gasteiger partial charge on any atom is 0.373 e. The van der Waals surface area contributed by atoms with Crippen molar-refractivity contribution in [3.05, 3.63) is 35.5 Å². The van der Waals surface area contributed by atoms with Crippen LogP contribution in [0.15, 0.2) is 24.3 Å². The van der Waals surface area contributed by atoms with Gasteiger partial charge < -0.3 is 24.4 Å². The Morgan fingerprint density at radius 3 is 2.56 bits per heavy atom. The lowest BCUT2D eigenvalue weighted by molar-refractivity contribution is -0.216. The summed E-state index contributed by atoms with van der Waals surface area (Å²) in [6.45, 7) is 1.93. The molecule has 3 aliphatic heterocycles. The van der Waals surface area contributed by atoms with Crippen molar-refractivity contribution in [2.24, 2.45) is 13.0 Å². The largest absolute Gasteiger partial charge is 0.468 e. The fourth-order valence-electron chi connectivity index (χ4n) is 6.44. The number of fused-ring (bicyclic) bond motifs is 4. The smallest absolute Gasteiger partial charge is 0.373 e. The molecule has 5 unspecified atom stereocenters. The van der Waals surface area contributed by atoms with Crippen molar-refractivity contribution in [2.75, 3.05) is 13.7 Å². The lowest BCUT2D eigenvalue weighted by atomic mass is 9.53. The van der Waals surface area contributed by atoms with Crippen LogP contribution in [0.25, 0.3) is 10.9 Å². The molecule has 1 aromatic carbocycles. The maximum absolute atomic E-state index is 13.5. The molecule has 1 aliphatic carbocycles. The number of esters is 1. The number of amides is 1. The van der Waals surface area contributed by atoms with Crippen molar-refractivity contribution in [1.82, 2.24) is 9.47 Å². The van der Waals surface area contributed by atoms with Crippen LogP contribution in [0.3, 0.4) is 0 Å². The van der Waals surface area contributed by atoms with Gasteiger partial charge >= 0.3 is 12.1 Å². The van der Waals surface area contributed by atoms with Gasteiger partial charge in [-0.2, -0.15) is 9.59 Å². The molecule has 4 aliphatic rings. The summed E-state index contributed by atoms with van der Waals surface area (Å²) in [5.41, 5.74) is 0.0150. The molecule has 9 heteroatoms. The molecular formula is C23H26N2O7. The zero-order valence-electron chi connectivity index (χ0n) is 18.2. The first-order valence-electron chi connectivity index (χ1n) is 10.5. The van der Waals surface area contributed by atoms with Gasteiger partial charge in [-0.05, 0) is 37.8 Å². The van der Waals surface area contributed by atoms with Gasteiger partial charge in [0.15, 0.2) is 0 Å². The van der Waals surface area contributed by atoms with Gasteiger partial charge in [-0.25, -0.2) is 0 Å². The third kappa shape index (κ3) is 2.65. The number of ether oxygens (including phenoxy) is 1. The van der Waals surface area contributed by atoms with E-state index in [1.165, 1.54) is 14.0 Å². The van der Waals surface area contributed by atoms with E-state index in [4.69, 9.17) is 14.3 Å². The van der Waals surface area contributed by atoms with Crippen LogP contribution < -0.4 is 0 Å². The lowest BCUT2D eigenvalue weighted by Gasteiger charge is -2.61. The Labute approximate surface area is 184 Å².